The van der Waals surface area contributed by atoms with Crippen molar-refractivity contribution in [1.82, 2.24) is 19.6 Å². The molecule has 0 spiro atoms. The molecule has 1 heterocycles. The van der Waals surface area contributed by atoms with Gasteiger partial charge in [0.25, 0.3) is 0 Å². The Hall–Kier alpha value is -2.01. The first kappa shape index (κ1) is 24.6. The summed E-state index contributed by atoms with van der Waals surface area (Å²) >= 11 is 2.31. The van der Waals surface area contributed by atoms with Gasteiger partial charge in [0.05, 0.1) is 0 Å². The molecule has 0 atom stereocenters. The van der Waals surface area contributed by atoms with E-state index in [-0.39, 0.29) is 6.03 Å². The van der Waals surface area contributed by atoms with Crippen LogP contribution in [-0.4, -0.2) is 85.2 Å². The number of halogens is 2. The fourth-order valence-corrected chi connectivity index (χ4v) is 9.43. The van der Waals surface area contributed by atoms with Crippen LogP contribution in [0, 0.1) is 7.14 Å². The summed E-state index contributed by atoms with van der Waals surface area (Å²) in [7, 11) is 9.14. The second-order valence-corrected chi connectivity index (χ2v) is 13.7. The molecule has 174 valence electrons. The van der Waals surface area contributed by atoms with Crippen molar-refractivity contribution in [3.63, 3.8) is 0 Å². The number of alkyl halides is 1. The Kier molecular flexibility index (Phi) is 8.26. The summed E-state index contributed by atoms with van der Waals surface area (Å²) in [5.41, 5.74) is 1.21. The van der Waals surface area contributed by atoms with E-state index in [1.807, 2.05) is 33.3 Å². The zero-order chi connectivity index (χ0) is 23.4. The van der Waals surface area contributed by atoms with Crippen LogP contribution in [0.2, 0.25) is 0 Å². The third-order valence-electron chi connectivity index (χ3n) is 5.33. The van der Waals surface area contributed by atoms with Crippen LogP contribution in [0.25, 0.3) is 0 Å². The summed E-state index contributed by atoms with van der Waals surface area (Å²) in [5.74, 6) is 1.75. The summed E-state index contributed by atoms with van der Waals surface area (Å²) in [6, 6.07) is 15.1. The van der Waals surface area contributed by atoms with Gasteiger partial charge in [0, 0.05) is 0 Å². The molecule has 0 radical (unpaired) electrons. The number of urea groups is 1. The summed E-state index contributed by atoms with van der Waals surface area (Å²) in [6.45, 7) is 1.77. The number of nitrogens with zero attached hydrogens (tertiary/aromatic N) is 5. The van der Waals surface area contributed by atoms with Gasteiger partial charge >= 0.3 is 207 Å². The molecule has 0 aliphatic carbocycles. The second kappa shape index (κ2) is 10.7. The third-order valence-corrected chi connectivity index (χ3v) is 12.0. The van der Waals surface area contributed by atoms with Gasteiger partial charge in [-0.1, -0.05) is 0 Å². The minimum absolute atomic E-state index is 0.0227. The molecule has 32 heavy (non-hydrogen) atoms. The average Bonchev–Trinajstić information content (AvgIpc) is 2.77. The Morgan fingerprint density at radius 3 is 2.31 bits per heavy atom. The number of aliphatic imine (C=N–C) groups is 1. The molecule has 1 aliphatic rings. The molecule has 1 fully saturated rings. The predicted octanol–water partition coefficient (Wildman–Crippen LogP) is 4.27. The fourth-order valence-electron chi connectivity index (χ4n) is 3.74. The van der Waals surface area contributed by atoms with Crippen molar-refractivity contribution in [3.8, 4) is 5.75 Å². The van der Waals surface area contributed by atoms with Crippen molar-refractivity contribution >= 4 is 47.7 Å². The first-order valence-electron chi connectivity index (χ1n) is 10.2. The van der Waals surface area contributed by atoms with Crippen molar-refractivity contribution in [2.24, 2.45) is 4.99 Å². The third kappa shape index (κ3) is 5.48. The molecule has 0 saturated carbocycles. The molecule has 9 heteroatoms. The zero-order valence-electron chi connectivity index (χ0n) is 19.5. The van der Waals surface area contributed by atoms with Crippen LogP contribution >= 0.6 is 35.7 Å². The summed E-state index contributed by atoms with van der Waals surface area (Å²) in [4.78, 5) is 26.6. The number of amides is 2. The summed E-state index contributed by atoms with van der Waals surface area (Å²) < 4.78 is 9.24. The van der Waals surface area contributed by atoms with E-state index >= 15 is 0 Å². The van der Waals surface area contributed by atoms with Gasteiger partial charge in [0.1, 0.15) is 0 Å². The van der Waals surface area contributed by atoms with E-state index in [0.29, 0.717) is 13.3 Å². The Balaban J connectivity index is 1.72. The molecule has 2 aromatic rings. The number of carbonyl (C=O) groups excluding carboxylic acids is 1. The Bertz CT molecular complexity index is 971. The molecular weight excluding hydrogens is 585 g/mol. The van der Waals surface area contributed by atoms with Gasteiger partial charge in [0.15, 0.2) is 0 Å². The number of rotatable bonds is 5. The van der Waals surface area contributed by atoms with E-state index in [9.17, 15) is 4.79 Å². The standard InChI is InChI=1S/C23H31BrIN5O2/c1-25(18-8-10-19(32-6)11-9-18)21-12-7-17(13-20(21)24)14-27(3)22(26-2)30-15-28(4)23(31)29(5)16-30/h7-13H,14-16H2,1-6H3. The molecule has 1 aliphatic heterocycles. The SMILES string of the molecule is CN=C(N(C)Cc1ccc(I(C)c2ccc(OC)cc2)c(Br)c1)N1CN(C)C(=O)N(C)C1. The van der Waals surface area contributed by atoms with Crippen LogP contribution in [0.15, 0.2) is 51.9 Å². The fraction of sp³-hybridized carbons (Fsp3) is 0.391. The number of carbonyl (C=O) groups is 1. The summed E-state index contributed by atoms with van der Waals surface area (Å²) in [6.07, 6.45) is 0. The predicted molar refractivity (Wildman–Crippen MR) is 142 cm³/mol. The van der Waals surface area contributed by atoms with Gasteiger partial charge in [-0.25, -0.2) is 0 Å². The topological polar surface area (TPSA) is 51.6 Å². The molecule has 1 saturated heterocycles. The second-order valence-electron chi connectivity index (χ2n) is 7.76. The number of methoxy groups -OCH3 is 1. The van der Waals surface area contributed by atoms with Gasteiger partial charge < -0.3 is 0 Å². The van der Waals surface area contributed by atoms with Gasteiger partial charge in [0.2, 0.25) is 0 Å². The molecular formula is C23H31BrIN5O2. The van der Waals surface area contributed by atoms with Gasteiger partial charge in [-0.05, 0) is 0 Å². The van der Waals surface area contributed by atoms with Crippen LogP contribution in [0.4, 0.5) is 4.79 Å². The van der Waals surface area contributed by atoms with Crippen LogP contribution in [0.1, 0.15) is 5.56 Å². The number of benzene rings is 2. The zero-order valence-corrected chi connectivity index (χ0v) is 23.2. The van der Waals surface area contributed by atoms with Crippen molar-refractivity contribution in [2.45, 2.75) is 6.54 Å². The molecule has 7 nitrogen and oxygen atoms in total. The van der Waals surface area contributed by atoms with Crippen molar-refractivity contribution in [2.75, 3.05) is 53.6 Å². The average molecular weight is 616 g/mol. The van der Waals surface area contributed by atoms with Gasteiger partial charge in [-0.15, -0.1) is 0 Å². The van der Waals surface area contributed by atoms with Gasteiger partial charge in [-0.2, -0.15) is 0 Å². The number of guanidine groups is 1. The van der Waals surface area contributed by atoms with Crippen LogP contribution in [0.3, 0.4) is 0 Å². The monoisotopic (exact) mass is 615 g/mol. The summed E-state index contributed by atoms with van der Waals surface area (Å²) in [5, 5.41) is 0. The number of ether oxygens (including phenoxy) is 1. The maximum atomic E-state index is 12.1. The number of hydrogen-bond acceptors (Lipinski definition) is 3. The van der Waals surface area contributed by atoms with E-state index < -0.39 is 19.8 Å². The van der Waals surface area contributed by atoms with E-state index in [1.165, 1.54) is 12.7 Å². The van der Waals surface area contributed by atoms with E-state index in [4.69, 9.17) is 4.74 Å². The van der Waals surface area contributed by atoms with Gasteiger partial charge in [-0.3, -0.25) is 0 Å². The van der Waals surface area contributed by atoms with Crippen molar-refractivity contribution in [1.29, 1.82) is 0 Å². The molecule has 0 bridgehead atoms. The van der Waals surface area contributed by atoms with Crippen LogP contribution in [0.5, 0.6) is 5.75 Å². The van der Waals surface area contributed by atoms with Crippen LogP contribution in [-0.2, 0) is 6.54 Å². The molecule has 0 unspecified atom stereocenters. The molecule has 2 aromatic carbocycles. The molecule has 0 N–H and O–H groups in total. The first-order valence-corrected chi connectivity index (χ1v) is 15.3. The maximum absolute atomic E-state index is 12.1. The number of hydrogen-bond donors (Lipinski definition) is 0. The normalized spacial score (nSPS) is 15.2. The first-order chi connectivity index (χ1) is 15.2. The van der Waals surface area contributed by atoms with Crippen molar-refractivity contribution < 1.29 is 9.53 Å². The minimum atomic E-state index is -1.51. The molecule has 0 aromatic heterocycles. The van der Waals surface area contributed by atoms with E-state index in [1.54, 1.807) is 24.0 Å². The van der Waals surface area contributed by atoms with Crippen molar-refractivity contribution in [3.05, 3.63) is 59.6 Å². The quantitative estimate of drug-likeness (QED) is 0.218. The molecule has 2 amide bonds. The van der Waals surface area contributed by atoms with E-state index in [0.717, 1.165) is 22.7 Å². The Morgan fingerprint density at radius 2 is 1.78 bits per heavy atom. The molecule has 3 rings (SSSR count). The Labute approximate surface area is 206 Å². The Morgan fingerprint density at radius 1 is 1.16 bits per heavy atom. The van der Waals surface area contributed by atoms with E-state index in [2.05, 4.69) is 66.0 Å². The van der Waals surface area contributed by atoms with Crippen LogP contribution < -0.4 is 4.74 Å².